The number of hydrogen-bond donors (Lipinski definition) is 0. The molecular formula is C18H14BrNO4S. The zero-order valence-corrected chi connectivity index (χ0v) is 15.5. The van der Waals surface area contributed by atoms with Gasteiger partial charge in [0, 0.05) is 10.0 Å². The Kier molecular flexibility index (Phi) is 4.78. The second-order valence-electron chi connectivity index (χ2n) is 5.25. The molecule has 0 radical (unpaired) electrons. The Morgan fingerprint density at radius 3 is 2.52 bits per heavy atom. The van der Waals surface area contributed by atoms with Gasteiger partial charge in [0.05, 0.1) is 23.2 Å². The lowest BCUT2D eigenvalue weighted by Crippen LogP contribution is -2.31. The van der Waals surface area contributed by atoms with Gasteiger partial charge in [0.15, 0.2) is 5.76 Å². The Morgan fingerprint density at radius 1 is 1.16 bits per heavy atom. The highest BCUT2D eigenvalue weighted by atomic mass is 79.9. The Labute approximate surface area is 154 Å². The van der Waals surface area contributed by atoms with E-state index in [1.807, 2.05) is 0 Å². The maximum Gasteiger partial charge on any atom is 0.343 e. The van der Waals surface area contributed by atoms with Crippen LogP contribution in [0.5, 0.6) is 0 Å². The maximum atomic E-state index is 12.6. The van der Waals surface area contributed by atoms with E-state index in [2.05, 4.69) is 22.5 Å². The number of halogens is 1. The lowest BCUT2D eigenvalue weighted by Gasteiger charge is -2.26. The standard InChI is InChI=1S/C18H14BrNO4S/c1-2-11-20-12-16(15-5-3-4-6-17(15)25(20,22)23)24-18(21)13-7-9-14(19)10-8-13/h2-10,12H,1,11H2. The Hall–Kier alpha value is -2.38. The zero-order chi connectivity index (χ0) is 18.0. The summed E-state index contributed by atoms with van der Waals surface area (Å²) in [7, 11) is -3.70. The third-order valence-corrected chi connectivity index (χ3v) is 5.90. The molecule has 0 spiro atoms. The van der Waals surface area contributed by atoms with Crippen LogP contribution >= 0.6 is 15.9 Å². The van der Waals surface area contributed by atoms with Crippen LogP contribution in [0.4, 0.5) is 0 Å². The van der Waals surface area contributed by atoms with Crippen molar-refractivity contribution in [3.63, 3.8) is 0 Å². The summed E-state index contributed by atoms with van der Waals surface area (Å²) < 4.78 is 32.7. The second-order valence-corrected chi connectivity index (χ2v) is 8.02. The molecule has 0 unspecified atom stereocenters. The number of hydrogen-bond acceptors (Lipinski definition) is 4. The van der Waals surface area contributed by atoms with Crippen molar-refractivity contribution in [2.45, 2.75) is 4.90 Å². The van der Waals surface area contributed by atoms with E-state index in [0.717, 1.165) is 8.78 Å². The van der Waals surface area contributed by atoms with Crippen LogP contribution in [0, 0.1) is 0 Å². The van der Waals surface area contributed by atoms with Gasteiger partial charge in [-0.25, -0.2) is 13.2 Å². The molecular weight excluding hydrogens is 406 g/mol. The first-order chi connectivity index (χ1) is 11.9. The Balaban J connectivity index is 2.00. The largest absolute Gasteiger partial charge is 0.421 e. The molecule has 7 heteroatoms. The minimum Gasteiger partial charge on any atom is -0.421 e. The fourth-order valence-electron chi connectivity index (χ4n) is 2.40. The summed E-state index contributed by atoms with van der Waals surface area (Å²) in [6, 6.07) is 13.1. The number of nitrogens with zero attached hydrogens (tertiary/aromatic N) is 1. The normalized spacial score (nSPS) is 15.1. The second kappa shape index (κ2) is 6.85. The van der Waals surface area contributed by atoms with Crippen molar-refractivity contribution in [2.24, 2.45) is 0 Å². The molecule has 1 aliphatic rings. The van der Waals surface area contributed by atoms with Crippen LogP contribution < -0.4 is 0 Å². The number of carbonyl (C=O) groups excluding carboxylic acids is 1. The Morgan fingerprint density at radius 2 is 1.84 bits per heavy atom. The molecule has 128 valence electrons. The maximum absolute atomic E-state index is 12.6. The molecule has 0 bridgehead atoms. The fraction of sp³-hybridized carbons (Fsp3) is 0.0556. The van der Waals surface area contributed by atoms with E-state index >= 15 is 0 Å². The van der Waals surface area contributed by atoms with Crippen LogP contribution in [-0.2, 0) is 14.8 Å². The Bertz CT molecular complexity index is 965. The summed E-state index contributed by atoms with van der Waals surface area (Å²) in [4.78, 5) is 12.5. The number of benzene rings is 2. The lowest BCUT2D eigenvalue weighted by atomic mass is 10.2. The summed E-state index contributed by atoms with van der Waals surface area (Å²) in [5, 5.41) is 0. The van der Waals surface area contributed by atoms with Crippen molar-refractivity contribution in [1.82, 2.24) is 4.31 Å². The van der Waals surface area contributed by atoms with E-state index in [1.54, 1.807) is 42.5 Å². The highest BCUT2D eigenvalue weighted by molar-refractivity contribution is 9.10. The van der Waals surface area contributed by atoms with Crippen molar-refractivity contribution >= 4 is 37.7 Å². The smallest absolute Gasteiger partial charge is 0.343 e. The number of ether oxygens (including phenoxy) is 1. The molecule has 2 aromatic carbocycles. The summed E-state index contributed by atoms with van der Waals surface area (Å²) in [6.45, 7) is 3.65. The van der Waals surface area contributed by atoms with E-state index in [4.69, 9.17) is 4.74 Å². The molecule has 25 heavy (non-hydrogen) atoms. The predicted octanol–water partition coefficient (Wildman–Crippen LogP) is 3.79. The molecule has 0 amide bonds. The van der Waals surface area contributed by atoms with Crippen molar-refractivity contribution < 1.29 is 17.9 Å². The van der Waals surface area contributed by atoms with Crippen LogP contribution in [0.25, 0.3) is 5.76 Å². The van der Waals surface area contributed by atoms with Gasteiger partial charge in [0.1, 0.15) is 0 Å². The lowest BCUT2D eigenvalue weighted by molar-refractivity contribution is 0.0689. The van der Waals surface area contributed by atoms with Crippen LogP contribution in [0.1, 0.15) is 15.9 Å². The third-order valence-electron chi connectivity index (χ3n) is 3.59. The molecule has 3 rings (SSSR count). The molecule has 0 aromatic heterocycles. The van der Waals surface area contributed by atoms with Crippen LogP contribution in [-0.4, -0.2) is 25.2 Å². The zero-order valence-electron chi connectivity index (χ0n) is 13.1. The molecule has 0 fully saturated rings. The predicted molar refractivity (Wildman–Crippen MR) is 98.1 cm³/mol. The summed E-state index contributed by atoms with van der Waals surface area (Å²) in [5.74, 6) is -0.383. The first-order valence-corrected chi connectivity index (χ1v) is 9.58. The van der Waals surface area contributed by atoms with E-state index in [0.29, 0.717) is 11.1 Å². The third kappa shape index (κ3) is 3.38. The van der Waals surface area contributed by atoms with Crippen molar-refractivity contribution in [1.29, 1.82) is 0 Å². The average molecular weight is 420 g/mol. The first-order valence-electron chi connectivity index (χ1n) is 7.35. The van der Waals surface area contributed by atoms with E-state index in [1.165, 1.54) is 18.3 Å². The monoisotopic (exact) mass is 419 g/mol. The minimum absolute atomic E-state index is 0.0794. The summed E-state index contributed by atoms with van der Waals surface area (Å²) in [6.07, 6.45) is 2.78. The van der Waals surface area contributed by atoms with Gasteiger partial charge in [-0.1, -0.05) is 34.1 Å². The average Bonchev–Trinajstić information content (AvgIpc) is 2.60. The fourth-order valence-corrected chi connectivity index (χ4v) is 4.15. The summed E-state index contributed by atoms with van der Waals surface area (Å²) >= 11 is 3.31. The molecule has 1 heterocycles. The number of carbonyl (C=O) groups is 1. The number of fused-ring (bicyclic) bond motifs is 1. The van der Waals surface area contributed by atoms with E-state index < -0.39 is 16.0 Å². The van der Waals surface area contributed by atoms with Gasteiger partial charge in [0.25, 0.3) is 10.0 Å². The van der Waals surface area contributed by atoms with Crippen LogP contribution in [0.3, 0.4) is 0 Å². The number of rotatable bonds is 4. The molecule has 1 aliphatic heterocycles. The highest BCUT2D eigenvalue weighted by Crippen LogP contribution is 2.33. The highest BCUT2D eigenvalue weighted by Gasteiger charge is 2.32. The SMILES string of the molecule is C=CCN1C=C(OC(=O)c2ccc(Br)cc2)c2ccccc2S1(=O)=O. The van der Waals surface area contributed by atoms with Crippen LogP contribution in [0.2, 0.25) is 0 Å². The van der Waals surface area contributed by atoms with Crippen molar-refractivity contribution in [3.05, 3.63) is 83.0 Å². The molecule has 0 saturated carbocycles. The van der Waals surface area contributed by atoms with Gasteiger partial charge in [-0.2, -0.15) is 0 Å². The molecule has 0 saturated heterocycles. The van der Waals surface area contributed by atoms with Gasteiger partial charge in [0.2, 0.25) is 0 Å². The van der Waals surface area contributed by atoms with Crippen molar-refractivity contribution in [3.8, 4) is 0 Å². The first kappa shape index (κ1) is 17.4. The summed E-state index contributed by atoms with van der Waals surface area (Å²) in [5.41, 5.74) is 0.721. The van der Waals surface area contributed by atoms with Gasteiger partial charge in [-0.15, -0.1) is 6.58 Å². The van der Waals surface area contributed by atoms with Crippen molar-refractivity contribution in [2.75, 3.05) is 6.54 Å². The molecule has 0 N–H and O–H groups in total. The van der Waals surface area contributed by atoms with Gasteiger partial charge in [-0.3, -0.25) is 4.31 Å². The van der Waals surface area contributed by atoms with E-state index in [-0.39, 0.29) is 17.2 Å². The van der Waals surface area contributed by atoms with Crippen LogP contribution in [0.15, 0.2) is 76.8 Å². The van der Waals surface area contributed by atoms with E-state index in [9.17, 15) is 13.2 Å². The topological polar surface area (TPSA) is 63.7 Å². The molecule has 2 aromatic rings. The molecule has 0 atom stereocenters. The quantitative estimate of drug-likeness (QED) is 0.558. The minimum atomic E-state index is -3.70. The number of sulfonamides is 1. The molecule has 5 nitrogen and oxygen atoms in total. The van der Waals surface area contributed by atoms with Gasteiger partial charge >= 0.3 is 5.97 Å². The molecule has 0 aliphatic carbocycles. The number of esters is 1. The van der Waals surface area contributed by atoms with Gasteiger partial charge < -0.3 is 4.74 Å². The van der Waals surface area contributed by atoms with Gasteiger partial charge in [-0.05, 0) is 36.4 Å².